The normalized spacial score (nSPS) is 13.4. The minimum atomic E-state index is -1.32. The predicted octanol–water partition coefficient (Wildman–Crippen LogP) is 3.21. The van der Waals surface area contributed by atoms with Gasteiger partial charge in [0.1, 0.15) is 30.0 Å². The van der Waals surface area contributed by atoms with E-state index in [4.69, 9.17) is 4.74 Å². The van der Waals surface area contributed by atoms with E-state index in [1.165, 1.54) is 12.0 Å². The zero-order valence-corrected chi connectivity index (χ0v) is 23.0. The number of hydrogen-bond acceptors (Lipinski definition) is 7. The number of para-hydroxylation sites is 1. The highest BCUT2D eigenvalue weighted by Crippen LogP contribution is 2.36. The number of rotatable bonds is 8. The van der Waals surface area contributed by atoms with Gasteiger partial charge in [0.2, 0.25) is 11.8 Å². The highest BCUT2D eigenvalue weighted by molar-refractivity contribution is 5.94. The number of aromatic hydroxyl groups is 1. The SMILES string of the molecule is COC(=O)CNC(=O)C(c1cccc(C)c1O)N(C(=O)C(NC(=O)OC(C)(C)C)C(C)C)C(C)(C)C. The number of methoxy groups -OCH3 is 1. The Kier molecular flexibility index (Phi) is 10.3. The van der Waals surface area contributed by atoms with Crippen LogP contribution >= 0.6 is 0 Å². The van der Waals surface area contributed by atoms with Gasteiger partial charge in [0.05, 0.1) is 7.11 Å². The minimum absolute atomic E-state index is 0.154. The lowest BCUT2D eigenvalue weighted by molar-refractivity contribution is -0.150. The van der Waals surface area contributed by atoms with Crippen molar-refractivity contribution >= 4 is 23.9 Å². The number of benzene rings is 1. The van der Waals surface area contributed by atoms with Crippen LogP contribution in [-0.2, 0) is 23.9 Å². The molecule has 1 rings (SSSR count). The maximum Gasteiger partial charge on any atom is 0.408 e. The van der Waals surface area contributed by atoms with Crippen LogP contribution in [0, 0.1) is 12.8 Å². The number of phenolic OH excluding ortho intramolecular Hbond substituents is 1. The first-order valence-corrected chi connectivity index (χ1v) is 11.9. The maximum atomic E-state index is 14.0. The van der Waals surface area contributed by atoms with Gasteiger partial charge in [-0.05, 0) is 59.9 Å². The van der Waals surface area contributed by atoms with E-state index < -0.39 is 53.6 Å². The van der Waals surface area contributed by atoms with Crippen LogP contribution in [0.25, 0.3) is 0 Å². The van der Waals surface area contributed by atoms with Gasteiger partial charge in [0, 0.05) is 11.1 Å². The average Bonchev–Trinajstić information content (AvgIpc) is 2.73. The Bertz CT molecular complexity index is 961. The first-order valence-electron chi connectivity index (χ1n) is 11.9. The molecule has 0 bridgehead atoms. The fourth-order valence-corrected chi connectivity index (χ4v) is 3.57. The number of aryl methyl sites for hydroxylation is 1. The van der Waals surface area contributed by atoms with Crippen molar-refractivity contribution in [2.24, 2.45) is 5.92 Å². The molecule has 0 saturated carbocycles. The van der Waals surface area contributed by atoms with Gasteiger partial charge in [-0.2, -0.15) is 0 Å². The Hall–Kier alpha value is -3.30. The quantitative estimate of drug-likeness (QED) is 0.460. The number of carbonyl (C=O) groups is 4. The van der Waals surface area contributed by atoms with E-state index in [2.05, 4.69) is 15.4 Å². The molecule has 3 amide bonds. The second-order valence-corrected chi connectivity index (χ2v) is 11.0. The summed E-state index contributed by atoms with van der Waals surface area (Å²) in [6.07, 6.45) is -0.770. The lowest BCUT2D eigenvalue weighted by Gasteiger charge is -2.43. The van der Waals surface area contributed by atoms with Gasteiger partial charge in [-0.25, -0.2) is 4.79 Å². The molecule has 0 heterocycles. The van der Waals surface area contributed by atoms with Gasteiger partial charge < -0.3 is 30.1 Å². The Morgan fingerprint density at radius 1 is 1.06 bits per heavy atom. The largest absolute Gasteiger partial charge is 0.507 e. The number of ether oxygens (including phenoxy) is 2. The van der Waals surface area contributed by atoms with E-state index in [1.807, 2.05) is 0 Å². The second-order valence-electron chi connectivity index (χ2n) is 11.0. The third kappa shape index (κ3) is 8.42. The molecule has 0 aromatic heterocycles. The lowest BCUT2D eigenvalue weighted by atomic mass is 9.92. The fraction of sp³-hybridized carbons (Fsp3) is 0.615. The van der Waals surface area contributed by atoms with Gasteiger partial charge in [-0.1, -0.05) is 32.0 Å². The van der Waals surface area contributed by atoms with Crippen LogP contribution in [0.5, 0.6) is 5.75 Å². The summed E-state index contributed by atoms with van der Waals surface area (Å²) < 4.78 is 9.96. The molecule has 0 aliphatic rings. The van der Waals surface area contributed by atoms with Crippen molar-refractivity contribution in [2.45, 2.75) is 85.5 Å². The molecule has 0 aliphatic carbocycles. The fourth-order valence-electron chi connectivity index (χ4n) is 3.57. The summed E-state index contributed by atoms with van der Waals surface area (Å²) >= 11 is 0. The van der Waals surface area contributed by atoms with E-state index in [9.17, 15) is 24.3 Å². The van der Waals surface area contributed by atoms with Crippen molar-refractivity contribution in [1.82, 2.24) is 15.5 Å². The number of alkyl carbamates (subject to hydrolysis) is 1. The minimum Gasteiger partial charge on any atom is -0.507 e. The molecule has 3 N–H and O–H groups in total. The average molecular weight is 508 g/mol. The number of hydrogen-bond donors (Lipinski definition) is 3. The number of carbonyl (C=O) groups excluding carboxylic acids is 4. The third-order valence-corrected chi connectivity index (χ3v) is 5.27. The Labute approximate surface area is 213 Å². The van der Waals surface area contributed by atoms with Gasteiger partial charge in [0.25, 0.3) is 0 Å². The Morgan fingerprint density at radius 3 is 2.11 bits per heavy atom. The topological polar surface area (TPSA) is 134 Å². The van der Waals surface area contributed by atoms with Crippen LogP contribution in [0.4, 0.5) is 4.79 Å². The van der Waals surface area contributed by atoms with Crippen LogP contribution in [0.15, 0.2) is 18.2 Å². The van der Waals surface area contributed by atoms with E-state index in [0.29, 0.717) is 5.56 Å². The molecular formula is C26H41N3O7. The zero-order chi connectivity index (χ0) is 28.0. The van der Waals surface area contributed by atoms with Crippen molar-refractivity contribution in [3.63, 3.8) is 0 Å². The second kappa shape index (κ2) is 12.1. The summed E-state index contributed by atoms with van der Waals surface area (Å²) in [4.78, 5) is 53.1. The smallest absolute Gasteiger partial charge is 0.408 e. The van der Waals surface area contributed by atoms with Gasteiger partial charge in [-0.15, -0.1) is 0 Å². The first-order chi connectivity index (χ1) is 16.4. The number of phenols is 1. The van der Waals surface area contributed by atoms with Crippen LogP contribution in [0.3, 0.4) is 0 Å². The van der Waals surface area contributed by atoms with E-state index in [0.717, 1.165) is 0 Å². The Balaban J connectivity index is 3.62. The summed E-state index contributed by atoms with van der Waals surface area (Å²) in [6.45, 7) is 15.1. The molecule has 10 heteroatoms. The number of nitrogens with one attached hydrogen (secondary N) is 2. The molecule has 0 aliphatic heterocycles. The molecule has 1 aromatic carbocycles. The summed E-state index contributed by atoms with van der Waals surface area (Å²) in [6, 6.07) is 2.52. The monoisotopic (exact) mass is 507 g/mol. The van der Waals surface area contributed by atoms with Gasteiger partial charge in [-0.3, -0.25) is 14.4 Å². The maximum absolute atomic E-state index is 14.0. The predicted molar refractivity (Wildman–Crippen MR) is 135 cm³/mol. The summed E-state index contributed by atoms with van der Waals surface area (Å²) in [5.41, 5.74) is -1.03. The number of esters is 1. The number of nitrogens with zero attached hydrogens (tertiary/aromatic N) is 1. The van der Waals surface area contributed by atoms with Crippen molar-refractivity contribution in [3.8, 4) is 5.75 Å². The van der Waals surface area contributed by atoms with Crippen molar-refractivity contribution < 1.29 is 33.8 Å². The molecule has 2 atom stereocenters. The molecule has 1 aromatic rings. The number of amides is 3. The van der Waals surface area contributed by atoms with Crippen LogP contribution < -0.4 is 10.6 Å². The molecule has 36 heavy (non-hydrogen) atoms. The summed E-state index contributed by atoms with van der Waals surface area (Å²) in [7, 11) is 1.19. The molecule has 0 spiro atoms. The molecule has 202 valence electrons. The van der Waals surface area contributed by atoms with Crippen LogP contribution in [-0.4, -0.2) is 64.7 Å². The van der Waals surface area contributed by atoms with Crippen LogP contribution in [0.2, 0.25) is 0 Å². The van der Waals surface area contributed by atoms with Gasteiger partial charge in [0.15, 0.2) is 0 Å². The van der Waals surface area contributed by atoms with E-state index >= 15 is 0 Å². The Morgan fingerprint density at radius 2 is 1.64 bits per heavy atom. The molecule has 0 fully saturated rings. The van der Waals surface area contributed by atoms with Gasteiger partial charge >= 0.3 is 12.1 Å². The molecule has 0 saturated heterocycles. The van der Waals surface area contributed by atoms with Crippen molar-refractivity contribution in [3.05, 3.63) is 29.3 Å². The third-order valence-electron chi connectivity index (χ3n) is 5.27. The standard InChI is InChI=1S/C26H41N3O7/c1-15(2)19(28-24(34)36-26(7,8)9)23(33)29(25(4,5)6)20(22(32)27-14-18(30)35-10)17-13-11-12-16(3)21(17)31/h11-13,15,19-20,31H,14H2,1-10H3,(H,27,32)(H,28,34). The molecule has 0 radical (unpaired) electrons. The molecule has 2 unspecified atom stereocenters. The summed E-state index contributed by atoms with van der Waals surface area (Å²) in [5.74, 6) is -2.43. The van der Waals surface area contributed by atoms with Crippen molar-refractivity contribution in [2.75, 3.05) is 13.7 Å². The van der Waals surface area contributed by atoms with E-state index in [-0.39, 0.29) is 17.2 Å². The van der Waals surface area contributed by atoms with Crippen molar-refractivity contribution in [1.29, 1.82) is 0 Å². The van der Waals surface area contributed by atoms with Crippen LogP contribution in [0.1, 0.15) is 72.6 Å². The first kappa shape index (κ1) is 30.7. The summed E-state index contributed by atoms with van der Waals surface area (Å²) in [5, 5.41) is 16.0. The zero-order valence-electron chi connectivity index (χ0n) is 23.0. The highest BCUT2D eigenvalue weighted by atomic mass is 16.6. The highest BCUT2D eigenvalue weighted by Gasteiger charge is 2.43. The molecular weight excluding hydrogens is 466 g/mol. The lowest BCUT2D eigenvalue weighted by Crippen LogP contribution is -2.60. The molecule has 10 nitrogen and oxygen atoms in total. The van der Waals surface area contributed by atoms with E-state index in [1.54, 1.807) is 80.5 Å².